The molecule has 1 N–H and O–H groups in total. The molecule has 0 saturated heterocycles. The van der Waals surface area contributed by atoms with Gasteiger partial charge in [-0.3, -0.25) is 9.78 Å². The number of carboxylic acids is 1. The number of carbonyl (C=O) groups is 1. The average molecular weight is 300 g/mol. The van der Waals surface area contributed by atoms with Gasteiger partial charge in [0.25, 0.3) is 0 Å². The molecule has 2 heterocycles. The maximum Gasteiger partial charge on any atom is 0.308 e. The molecule has 2 rings (SSSR count). The minimum absolute atomic E-state index is 0.383. The molecule has 0 spiro atoms. The molecule has 116 valence electrons. The van der Waals surface area contributed by atoms with Crippen LogP contribution >= 0.6 is 0 Å². The molecular weight excluding hydrogens is 280 g/mol. The fraction of sp³-hybridized carbons (Fsp3) is 0.375. The van der Waals surface area contributed by atoms with Gasteiger partial charge in [-0.1, -0.05) is 13.0 Å². The normalized spacial score (nSPS) is 12.0. The molecule has 0 fully saturated rings. The zero-order valence-electron chi connectivity index (χ0n) is 13.2. The Bertz CT molecular complexity index is 673. The smallest absolute Gasteiger partial charge is 0.308 e. The second kappa shape index (κ2) is 6.51. The summed E-state index contributed by atoms with van der Waals surface area (Å²) in [5.74, 6) is -0.00650. The van der Waals surface area contributed by atoms with Crippen LogP contribution in [0.2, 0.25) is 0 Å². The van der Waals surface area contributed by atoms with E-state index in [2.05, 4.69) is 15.0 Å². The van der Waals surface area contributed by atoms with Crippen molar-refractivity contribution >= 4 is 11.8 Å². The quantitative estimate of drug-likeness (QED) is 0.913. The van der Waals surface area contributed by atoms with E-state index in [4.69, 9.17) is 5.11 Å². The van der Waals surface area contributed by atoms with Crippen LogP contribution in [0, 0.1) is 19.8 Å². The van der Waals surface area contributed by atoms with E-state index in [0.29, 0.717) is 18.1 Å². The van der Waals surface area contributed by atoms with Crippen LogP contribution in [0.5, 0.6) is 0 Å². The Kier molecular flexibility index (Phi) is 4.70. The molecule has 0 amide bonds. The highest BCUT2D eigenvalue weighted by molar-refractivity contribution is 5.70. The average Bonchev–Trinajstić information content (AvgIpc) is 2.50. The number of hydrogen-bond donors (Lipinski definition) is 1. The van der Waals surface area contributed by atoms with Crippen molar-refractivity contribution in [3.05, 3.63) is 35.7 Å². The number of nitrogens with zero attached hydrogens (tertiary/aromatic N) is 4. The lowest BCUT2D eigenvalue weighted by molar-refractivity contribution is -0.140. The highest BCUT2D eigenvalue weighted by Gasteiger charge is 2.18. The Hall–Kier alpha value is -2.50. The predicted molar refractivity (Wildman–Crippen MR) is 84.8 cm³/mol. The standard InChI is InChI=1S/C16H20N4O2/c1-10(16(21)22)9-20(4)15-11(2)12(3)18-14(19-15)13-7-5-6-8-17-13/h5-8,10H,9H2,1-4H3,(H,21,22). The maximum atomic E-state index is 11.0. The lowest BCUT2D eigenvalue weighted by atomic mass is 10.1. The van der Waals surface area contributed by atoms with Gasteiger partial charge in [-0.05, 0) is 26.0 Å². The van der Waals surface area contributed by atoms with Crippen LogP contribution in [0.15, 0.2) is 24.4 Å². The van der Waals surface area contributed by atoms with Gasteiger partial charge >= 0.3 is 5.97 Å². The highest BCUT2D eigenvalue weighted by atomic mass is 16.4. The predicted octanol–water partition coefficient (Wildman–Crippen LogP) is 2.31. The van der Waals surface area contributed by atoms with Gasteiger partial charge in [-0.25, -0.2) is 9.97 Å². The van der Waals surface area contributed by atoms with Gasteiger partial charge in [-0.2, -0.15) is 0 Å². The topological polar surface area (TPSA) is 79.2 Å². The third-order valence-corrected chi connectivity index (χ3v) is 3.59. The number of aliphatic carboxylic acids is 1. The van der Waals surface area contributed by atoms with Crippen LogP contribution in [0.4, 0.5) is 5.82 Å². The van der Waals surface area contributed by atoms with Crippen LogP contribution in [-0.4, -0.2) is 39.6 Å². The molecule has 0 aromatic carbocycles. The molecule has 0 aliphatic rings. The van der Waals surface area contributed by atoms with Crippen molar-refractivity contribution in [2.24, 2.45) is 5.92 Å². The van der Waals surface area contributed by atoms with Gasteiger partial charge in [0, 0.05) is 31.0 Å². The fourth-order valence-corrected chi connectivity index (χ4v) is 2.17. The molecular formula is C16H20N4O2. The summed E-state index contributed by atoms with van der Waals surface area (Å²) >= 11 is 0. The van der Waals surface area contributed by atoms with Crippen molar-refractivity contribution in [3.63, 3.8) is 0 Å². The molecule has 0 radical (unpaired) electrons. The molecule has 6 nitrogen and oxygen atoms in total. The van der Waals surface area contributed by atoms with Gasteiger partial charge in [-0.15, -0.1) is 0 Å². The first-order valence-corrected chi connectivity index (χ1v) is 7.10. The van der Waals surface area contributed by atoms with Gasteiger partial charge in [0.05, 0.1) is 5.92 Å². The van der Waals surface area contributed by atoms with Crippen molar-refractivity contribution < 1.29 is 9.90 Å². The fourth-order valence-electron chi connectivity index (χ4n) is 2.17. The molecule has 0 bridgehead atoms. The number of pyridine rings is 1. The summed E-state index contributed by atoms with van der Waals surface area (Å²) in [6.45, 7) is 5.92. The van der Waals surface area contributed by atoms with Crippen molar-refractivity contribution in [3.8, 4) is 11.5 Å². The summed E-state index contributed by atoms with van der Waals surface area (Å²) < 4.78 is 0. The molecule has 22 heavy (non-hydrogen) atoms. The Balaban J connectivity index is 2.39. The zero-order valence-corrected chi connectivity index (χ0v) is 13.2. The number of aromatic nitrogens is 3. The zero-order chi connectivity index (χ0) is 16.3. The van der Waals surface area contributed by atoms with E-state index in [9.17, 15) is 4.79 Å². The molecule has 1 unspecified atom stereocenters. The first-order chi connectivity index (χ1) is 10.4. The van der Waals surface area contributed by atoms with Crippen molar-refractivity contribution in [1.82, 2.24) is 15.0 Å². The Morgan fingerprint density at radius 1 is 1.32 bits per heavy atom. The van der Waals surface area contributed by atoms with Gasteiger partial charge in [0.1, 0.15) is 11.5 Å². The summed E-state index contributed by atoms with van der Waals surface area (Å²) in [6, 6.07) is 5.58. The van der Waals surface area contributed by atoms with Crippen LogP contribution < -0.4 is 4.90 Å². The maximum absolute atomic E-state index is 11.0. The summed E-state index contributed by atoms with van der Waals surface area (Å²) in [6.07, 6.45) is 1.70. The first kappa shape index (κ1) is 15.9. The molecule has 0 aliphatic heterocycles. The summed E-state index contributed by atoms with van der Waals surface area (Å²) in [4.78, 5) is 26.2. The molecule has 2 aromatic heterocycles. The SMILES string of the molecule is Cc1nc(-c2ccccn2)nc(N(C)CC(C)C(=O)O)c1C. The Morgan fingerprint density at radius 2 is 2.05 bits per heavy atom. The van der Waals surface area contributed by atoms with E-state index in [1.807, 2.05) is 44.0 Å². The van der Waals surface area contributed by atoms with Crippen LogP contribution in [0.25, 0.3) is 11.5 Å². The number of carboxylic acid groups (broad SMARTS) is 1. The lowest BCUT2D eigenvalue weighted by Gasteiger charge is -2.23. The van der Waals surface area contributed by atoms with Crippen LogP contribution in [-0.2, 0) is 4.79 Å². The number of rotatable bonds is 5. The minimum Gasteiger partial charge on any atom is -0.481 e. The van der Waals surface area contributed by atoms with E-state index < -0.39 is 11.9 Å². The number of aryl methyl sites for hydroxylation is 1. The van der Waals surface area contributed by atoms with Gasteiger partial charge in [0.15, 0.2) is 5.82 Å². The summed E-state index contributed by atoms with van der Waals surface area (Å²) in [5, 5.41) is 9.06. The number of hydrogen-bond acceptors (Lipinski definition) is 5. The van der Waals surface area contributed by atoms with E-state index in [-0.39, 0.29) is 0 Å². The number of anilines is 1. The third kappa shape index (κ3) is 3.39. The van der Waals surface area contributed by atoms with Crippen molar-refractivity contribution in [1.29, 1.82) is 0 Å². The van der Waals surface area contributed by atoms with E-state index in [1.54, 1.807) is 13.1 Å². The van der Waals surface area contributed by atoms with Crippen LogP contribution in [0.1, 0.15) is 18.2 Å². The highest BCUT2D eigenvalue weighted by Crippen LogP contribution is 2.23. The first-order valence-electron chi connectivity index (χ1n) is 7.10. The van der Waals surface area contributed by atoms with Gasteiger partial charge < -0.3 is 10.0 Å². The summed E-state index contributed by atoms with van der Waals surface area (Å²) in [7, 11) is 1.84. The van der Waals surface area contributed by atoms with Crippen molar-refractivity contribution in [2.45, 2.75) is 20.8 Å². The van der Waals surface area contributed by atoms with Crippen molar-refractivity contribution in [2.75, 3.05) is 18.5 Å². The van der Waals surface area contributed by atoms with E-state index in [0.717, 1.165) is 17.1 Å². The van der Waals surface area contributed by atoms with E-state index >= 15 is 0 Å². The molecule has 2 aromatic rings. The summed E-state index contributed by atoms with van der Waals surface area (Å²) in [5.41, 5.74) is 2.51. The molecule has 6 heteroatoms. The van der Waals surface area contributed by atoms with Gasteiger partial charge in [0.2, 0.25) is 0 Å². The second-order valence-electron chi connectivity index (χ2n) is 5.42. The molecule has 0 aliphatic carbocycles. The molecule has 1 atom stereocenters. The second-order valence-corrected chi connectivity index (χ2v) is 5.42. The molecule has 0 saturated carbocycles. The monoisotopic (exact) mass is 300 g/mol. The minimum atomic E-state index is -0.819. The van der Waals surface area contributed by atoms with E-state index in [1.165, 1.54) is 0 Å². The largest absolute Gasteiger partial charge is 0.481 e. The van der Waals surface area contributed by atoms with Crippen LogP contribution in [0.3, 0.4) is 0 Å². The Morgan fingerprint density at radius 3 is 2.64 bits per heavy atom. The lowest BCUT2D eigenvalue weighted by Crippen LogP contribution is -2.30. The Labute approximate surface area is 129 Å². The third-order valence-electron chi connectivity index (χ3n) is 3.59.